The van der Waals surface area contributed by atoms with Gasteiger partial charge in [0.15, 0.2) is 0 Å². The molecule has 8 heteroatoms. The van der Waals surface area contributed by atoms with Crippen LogP contribution in [-0.4, -0.2) is 40.1 Å². The third-order valence-corrected chi connectivity index (χ3v) is 6.12. The zero-order valence-corrected chi connectivity index (χ0v) is 25.2. The predicted octanol–water partition coefficient (Wildman–Crippen LogP) is 8.51. The summed E-state index contributed by atoms with van der Waals surface area (Å²) in [5, 5.41) is 6.63. The molecule has 0 atom stereocenters. The van der Waals surface area contributed by atoms with Crippen molar-refractivity contribution in [3.63, 3.8) is 0 Å². The van der Waals surface area contributed by atoms with E-state index in [0.717, 1.165) is 70.3 Å². The van der Waals surface area contributed by atoms with E-state index in [4.69, 9.17) is 18.9 Å². The SMILES string of the molecule is CCC(=Nc1ccccc1OC)Nc1ccccc1OC.CCC(=Nc1ccccc1OC)Nc1ccccc1OC. The molecule has 220 valence electrons. The van der Waals surface area contributed by atoms with E-state index in [2.05, 4.69) is 34.5 Å². The number of para-hydroxylation sites is 8. The van der Waals surface area contributed by atoms with Crippen LogP contribution in [0.3, 0.4) is 0 Å². The van der Waals surface area contributed by atoms with Gasteiger partial charge in [-0.15, -0.1) is 0 Å². The standard InChI is InChI=1S/2C17H20N2O2/c2*1-4-17(18-13-9-5-7-11-15(13)20-2)19-14-10-6-8-12-16(14)21-3/h2*5-12H,4H2,1-3H3,(H,18,19). The zero-order chi connectivity index (χ0) is 30.2. The molecule has 2 N–H and O–H groups in total. The Labute approximate surface area is 249 Å². The molecule has 0 aromatic heterocycles. The maximum Gasteiger partial charge on any atom is 0.144 e. The normalized spacial score (nSPS) is 11.1. The number of benzene rings is 4. The molecule has 4 rings (SSSR count). The first-order valence-corrected chi connectivity index (χ1v) is 13.8. The maximum absolute atomic E-state index is 5.34. The van der Waals surface area contributed by atoms with E-state index in [1.807, 2.05) is 97.1 Å². The van der Waals surface area contributed by atoms with E-state index in [-0.39, 0.29) is 0 Å². The lowest BCUT2D eigenvalue weighted by molar-refractivity contribution is 0.416. The minimum absolute atomic E-state index is 0.755. The molecule has 0 aliphatic carbocycles. The quantitative estimate of drug-likeness (QED) is 0.147. The van der Waals surface area contributed by atoms with Crippen molar-refractivity contribution in [1.82, 2.24) is 0 Å². The van der Waals surface area contributed by atoms with Crippen molar-refractivity contribution in [2.45, 2.75) is 26.7 Å². The van der Waals surface area contributed by atoms with Gasteiger partial charge in [-0.3, -0.25) is 0 Å². The molecule has 42 heavy (non-hydrogen) atoms. The first-order chi connectivity index (χ1) is 20.6. The number of amidine groups is 2. The summed E-state index contributed by atoms with van der Waals surface area (Å²) in [6.07, 6.45) is 1.55. The van der Waals surface area contributed by atoms with Crippen molar-refractivity contribution in [3.05, 3.63) is 97.1 Å². The summed E-state index contributed by atoms with van der Waals surface area (Å²) in [7, 11) is 6.61. The van der Waals surface area contributed by atoms with Gasteiger partial charge >= 0.3 is 0 Å². The summed E-state index contributed by atoms with van der Waals surface area (Å²) >= 11 is 0. The molecule has 0 spiro atoms. The first-order valence-electron chi connectivity index (χ1n) is 13.8. The van der Waals surface area contributed by atoms with Crippen molar-refractivity contribution < 1.29 is 18.9 Å². The van der Waals surface area contributed by atoms with E-state index in [0.29, 0.717) is 0 Å². The lowest BCUT2D eigenvalue weighted by Gasteiger charge is -2.12. The fourth-order valence-corrected chi connectivity index (χ4v) is 3.93. The molecule has 0 saturated carbocycles. The second-order valence-corrected chi connectivity index (χ2v) is 8.82. The Morgan fingerprint density at radius 3 is 1.12 bits per heavy atom. The van der Waals surface area contributed by atoms with Crippen LogP contribution in [0.5, 0.6) is 23.0 Å². The molecule has 0 aliphatic rings. The summed E-state index contributed by atoms with van der Waals surface area (Å²) in [6.45, 7) is 4.10. The van der Waals surface area contributed by atoms with E-state index < -0.39 is 0 Å². The van der Waals surface area contributed by atoms with Crippen molar-refractivity contribution in [3.8, 4) is 23.0 Å². The summed E-state index contributed by atoms with van der Waals surface area (Å²) < 4.78 is 21.3. The van der Waals surface area contributed by atoms with E-state index >= 15 is 0 Å². The van der Waals surface area contributed by atoms with Gasteiger partial charge in [-0.1, -0.05) is 62.4 Å². The topological polar surface area (TPSA) is 85.7 Å². The number of hydrogen-bond donors (Lipinski definition) is 2. The van der Waals surface area contributed by atoms with Crippen molar-refractivity contribution in [2.75, 3.05) is 39.1 Å². The molecule has 0 saturated heterocycles. The van der Waals surface area contributed by atoms with Crippen LogP contribution in [0.25, 0.3) is 0 Å². The van der Waals surface area contributed by atoms with Crippen LogP contribution in [0, 0.1) is 0 Å². The first kappa shape index (κ1) is 31.5. The molecular formula is C34H40N4O4. The van der Waals surface area contributed by atoms with Crippen molar-refractivity contribution in [1.29, 1.82) is 0 Å². The van der Waals surface area contributed by atoms with E-state index in [1.165, 1.54) is 0 Å². The van der Waals surface area contributed by atoms with Crippen molar-refractivity contribution >= 4 is 34.4 Å². The van der Waals surface area contributed by atoms with Gasteiger partial charge < -0.3 is 29.6 Å². The van der Waals surface area contributed by atoms with Gasteiger partial charge in [0.2, 0.25) is 0 Å². The lowest BCUT2D eigenvalue weighted by Crippen LogP contribution is -2.11. The Hall–Kier alpha value is -4.98. The Morgan fingerprint density at radius 1 is 0.476 bits per heavy atom. The molecule has 4 aromatic carbocycles. The zero-order valence-electron chi connectivity index (χ0n) is 25.2. The highest BCUT2D eigenvalue weighted by Crippen LogP contribution is 2.30. The third kappa shape index (κ3) is 9.02. The smallest absolute Gasteiger partial charge is 0.144 e. The Bertz CT molecular complexity index is 1360. The fourth-order valence-electron chi connectivity index (χ4n) is 3.93. The molecule has 4 aromatic rings. The van der Waals surface area contributed by atoms with E-state index in [1.54, 1.807) is 28.4 Å². The highest BCUT2D eigenvalue weighted by atomic mass is 16.5. The van der Waals surface area contributed by atoms with Crippen LogP contribution in [0.1, 0.15) is 26.7 Å². The average Bonchev–Trinajstić information content (AvgIpc) is 3.05. The number of ether oxygens (including phenoxy) is 4. The summed E-state index contributed by atoms with van der Waals surface area (Å²) in [5.74, 6) is 4.79. The fraction of sp³-hybridized carbons (Fsp3) is 0.235. The predicted molar refractivity (Wildman–Crippen MR) is 174 cm³/mol. The van der Waals surface area contributed by atoms with Gasteiger partial charge in [-0.25, -0.2) is 9.98 Å². The number of anilines is 2. The molecule has 0 bridgehead atoms. The Kier molecular flexibility index (Phi) is 12.7. The van der Waals surface area contributed by atoms with Gasteiger partial charge in [0.05, 0.1) is 39.8 Å². The number of methoxy groups -OCH3 is 4. The Morgan fingerprint density at radius 2 is 0.786 bits per heavy atom. The summed E-state index contributed by atoms with van der Waals surface area (Å²) in [6, 6.07) is 30.9. The molecular weight excluding hydrogens is 528 g/mol. The number of aliphatic imine (C=N–C) groups is 2. The van der Waals surface area contributed by atoms with Gasteiger partial charge in [-0.05, 0) is 48.5 Å². The van der Waals surface area contributed by atoms with Crippen LogP contribution in [-0.2, 0) is 0 Å². The average molecular weight is 569 g/mol. The molecule has 0 fully saturated rings. The second kappa shape index (κ2) is 17.0. The van der Waals surface area contributed by atoms with E-state index in [9.17, 15) is 0 Å². The number of hydrogen-bond acceptors (Lipinski definition) is 6. The van der Waals surface area contributed by atoms with Gasteiger partial charge in [-0.2, -0.15) is 0 Å². The minimum Gasteiger partial charge on any atom is -0.495 e. The summed E-state index contributed by atoms with van der Waals surface area (Å²) in [5.41, 5.74) is 3.41. The van der Waals surface area contributed by atoms with Crippen LogP contribution < -0.4 is 29.6 Å². The molecule has 0 heterocycles. The van der Waals surface area contributed by atoms with Crippen LogP contribution >= 0.6 is 0 Å². The van der Waals surface area contributed by atoms with Gasteiger partial charge in [0, 0.05) is 12.8 Å². The Balaban J connectivity index is 0.000000230. The lowest BCUT2D eigenvalue weighted by atomic mass is 10.2. The molecule has 0 amide bonds. The number of nitrogens with zero attached hydrogens (tertiary/aromatic N) is 2. The molecule has 0 aliphatic heterocycles. The number of nitrogens with one attached hydrogen (secondary N) is 2. The minimum atomic E-state index is 0.755. The second-order valence-electron chi connectivity index (χ2n) is 8.82. The van der Waals surface area contributed by atoms with Crippen molar-refractivity contribution in [2.24, 2.45) is 9.98 Å². The highest BCUT2D eigenvalue weighted by molar-refractivity contribution is 5.99. The monoisotopic (exact) mass is 568 g/mol. The molecule has 0 radical (unpaired) electrons. The van der Waals surface area contributed by atoms with Crippen LogP contribution in [0.15, 0.2) is 107 Å². The number of rotatable bonds is 10. The molecule has 8 nitrogen and oxygen atoms in total. The van der Waals surface area contributed by atoms with Gasteiger partial charge in [0.1, 0.15) is 46.0 Å². The van der Waals surface area contributed by atoms with Crippen LogP contribution in [0.2, 0.25) is 0 Å². The van der Waals surface area contributed by atoms with Gasteiger partial charge in [0.25, 0.3) is 0 Å². The highest BCUT2D eigenvalue weighted by Gasteiger charge is 2.07. The third-order valence-electron chi connectivity index (χ3n) is 6.12. The molecule has 0 unspecified atom stereocenters. The van der Waals surface area contributed by atoms with Crippen LogP contribution in [0.4, 0.5) is 22.7 Å². The largest absolute Gasteiger partial charge is 0.495 e. The maximum atomic E-state index is 5.34. The summed E-state index contributed by atoms with van der Waals surface area (Å²) in [4.78, 5) is 9.29.